The molecule has 0 atom stereocenters. The van der Waals surface area contributed by atoms with Gasteiger partial charge in [-0.25, -0.2) is 0 Å². The standard InChI is InChI=1S/C18H18/c1-3-13-7-9-17(11-15(13)5-1)18-10-8-14-4-2-6-16(14)12-18/h7-12H,1-6H2. The van der Waals surface area contributed by atoms with Crippen LogP contribution >= 0.6 is 0 Å². The van der Waals surface area contributed by atoms with Crippen molar-refractivity contribution in [2.45, 2.75) is 38.5 Å². The monoisotopic (exact) mass is 234 g/mol. The third-order valence-corrected chi connectivity index (χ3v) is 4.53. The number of hydrogen-bond acceptors (Lipinski definition) is 0. The van der Waals surface area contributed by atoms with E-state index in [1.54, 1.807) is 22.3 Å². The quantitative estimate of drug-likeness (QED) is 0.689. The molecule has 90 valence electrons. The highest BCUT2D eigenvalue weighted by molar-refractivity contribution is 5.67. The Bertz CT molecular complexity index is 552. The summed E-state index contributed by atoms with van der Waals surface area (Å²) in [5, 5.41) is 0. The molecular formula is C18H18. The lowest BCUT2D eigenvalue weighted by Gasteiger charge is -2.07. The van der Waals surface area contributed by atoms with E-state index in [4.69, 9.17) is 0 Å². The van der Waals surface area contributed by atoms with Gasteiger partial charge in [-0.1, -0.05) is 36.4 Å². The second-order valence-electron chi connectivity index (χ2n) is 5.67. The van der Waals surface area contributed by atoms with Gasteiger partial charge in [0.2, 0.25) is 0 Å². The molecule has 18 heavy (non-hydrogen) atoms. The Balaban J connectivity index is 1.78. The molecule has 0 N–H and O–H groups in total. The molecule has 0 radical (unpaired) electrons. The van der Waals surface area contributed by atoms with E-state index in [9.17, 15) is 0 Å². The zero-order valence-corrected chi connectivity index (χ0v) is 10.7. The number of aryl methyl sites for hydroxylation is 4. The summed E-state index contributed by atoms with van der Waals surface area (Å²) in [6.07, 6.45) is 7.77. The minimum Gasteiger partial charge on any atom is -0.0582 e. The highest BCUT2D eigenvalue weighted by atomic mass is 14.2. The zero-order chi connectivity index (χ0) is 11.9. The molecule has 0 bridgehead atoms. The highest BCUT2D eigenvalue weighted by Gasteiger charge is 2.14. The number of hydrogen-bond donors (Lipinski definition) is 0. The summed E-state index contributed by atoms with van der Waals surface area (Å²) in [7, 11) is 0. The van der Waals surface area contributed by atoms with Gasteiger partial charge >= 0.3 is 0 Å². The molecule has 0 heterocycles. The topological polar surface area (TPSA) is 0 Å². The van der Waals surface area contributed by atoms with Crippen molar-refractivity contribution in [3.8, 4) is 11.1 Å². The minimum atomic E-state index is 1.27. The number of fused-ring (bicyclic) bond motifs is 2. The lowest BCUT2D eigenvalue weighted by Crippen LogP contribution is -1.87. The van der Waals surface area contributed by atoms with Crippen LogP contribution in [0.15, 0.2) is 36.4 Å². The molecule has 2 aromatic rings. The van der Waals surface area contributed by atoms with Crippen molar-refractivity contribution in [3.63, 3.8) is 0 Å². The molecule has 0 saturated carbocycles. The molecule has 0 amide bonds. The van der Waals surface area contributed by atoms with Crippen molar-refractivity contribution < 1.29 is 0 Å². The van der Waals surface area contributed by atoms with Gasteiger partial charge in [0.05, 0.1) is 0 Å². The molecule has 0 aliphatic heterocycles. The Hall–Kier alpha value is -1.56. The van der Waals surface area contributed by atoms with Gasteiger partial charge in [0.1, 0.15) is 0 Å². The van der Waals surface area contributed by atoms with Gasteiger partial charge in [-0.3, -0.25) is 0 Å². The number of benzene rings is 2. The lowest BCUT2D eigenvalue weighted by molar-refractivity contribution is 0.911. The normalized spacial score (nSPS) is 16.7. The highest BCUT2D eigenvalue weighted by Crippen LogP contribution is 2.31. The first kappa shape index (κ1) is 10.4. The molecule has 0 nitrogen and oxygen atoms in total. The summed E-state index contributed by atoms with van der Waals surface area (Å²) in [6, 6.07) is 14.1. The zero-order valence-electron chi connectivity index (χ0n) is 10.7. The first-order chi connectivity index (χ1) is 8.90. The van der Waals surface area contributed by atoms with Crippen LogP contribution in [0.2, 0.25) is 0 Å². The second kappa shape index (κ2) is 3.98. The van der Waals surface area contributed by atoms with Crippen LogP contribution in [0.1, 0.15) is 35.1 Å². The van der Waals surface area contributed by atoms with Gasteiger partial charge in [-0.05, 0) is 71.9 Å². The van der Waals surface area contributed by atoms with Gasteiger partial charge in [0, 0.05) is 0 Å². The second-order valence-corrected chi connectivity index (χ2v) is 5.67. The van der Waals surface area contributed by atoms with Crippen molar-refractivity contribution in [2.75, 3.05) is 0 Å². The summed E-state index contributed by atoms with van der Waals surface area (Å²) in [5.41, 5.74) is 9.11. The Kier molecular flexibility index (Phi) is 2.29. The summed E-state index contributed by atoms with van der Waals surface area (Å²) < 4.78 is 0. The van der Waals surface area contributed by atoms with Crippen molar-refractivity contribution in [3.05, 3.63) is 58.7 Å². The van der Waals surface area contributed by atoms with Crippen molar-refractivity contribution in [1.82, 2.24) is 0 Å². The van der Waals surface area contributed by atoms with E-state index in [-0.39, 0.29) is 0 Å². The van der Waals surface area contributed by atoms with Gasteiger partial charge in [0.15, 0.2) is 0 Å². The fourth-order valence-corrected chi connectivity index (χ4v) is 3.50. The average Bonchev–Trinajstić information content (AvgIpc) is 3.05. The molecule has 0 fully saturated rings. The van der Waals surface area contributed by atoms with Gasteiger partial charge < -0.3 is 0 Å². The van der Waals surface area contributed by atoms with E-state index in [0.29, 0.717) is 0 Å². The van der Waals surface area contributed by atoms with E-state index in [2.05, 4.69) is 36.4 Å². The van der Waals surface area contributed by atoms with Gasteiger partial charge in [-0.15, -0.1) is 0 Å². The molecular weight excluding hydrogens is 216 g/mol. The van der Waals surface area contributed by atoms with Crippen LogP contribution < -0.4 is 0 Å². The van der Waals surface area contributed by atoms with E-state index in [1.807, 2.05) is 0 Å². The Morgan fingerprint density at radius 3 is 1.44 bits per heavy atom. The van der Waals surface area contributed by atoms with Crippen molar-refractivity contribution in [2.24, 2.45) is 0 Å². The number of rotatable bonds is 1. The van der Waals surface area contributed by atoms with Crippen LogP contribution in [0.25, 0.3) is 11.1 Å². The van der Waals surface area contributed by atoms with Gasteiger partial charge in [0.25, 0.3) is 0 Å². The smallest absolute Gasteiger partial charge is 0.0181 e. The largest absolute Gasteiger partial charge is 0.0582 e. The molecule has 0 unspecified atom stereocenters. The van der Waals surface area contributed by atoms with Crippen LogP contribution in [0.4, 0.5) is 0 Å². The van der Waals surface area contributed by atoms with Crippen LogP contribution in [-0.4, -0.2) is 0 Å². The lowest BCUT2D eigenvalue weighted by atomic mass is 9.98. The molecule has 2 aromatic carbocycles. The maximum absolute atomic E-state index is 2.42. The molecule has 2 aliphatic rings. The van der Waals surface area contributed by atoms with Gasteiger partial charge in [-0.2, -0.15) is 0 Å². The molecule has 0 heteroatoms. The summed E-state index contributed by atoms with van der Waals surface area (Å²) in [4.78, 5) is 0. The van der Waals surface area contributed by atoms with Crippen LogP contribution in [0, 0.1) is 0 Å². The summed E-state index contributed by atoms with van der Waals surface area (Å²) >= 11 is 0. The average molecular weight is 234 g/mol. The predicted molar refractivity (Wildman–Crippen MR) is 75.9 cm³/mol. The van der Waals surface area contributed by atoms with Crippen LogP contribution in [0.5, 0.6) is 0 Å². The van der Waals surface area contributed by atoms with Crippen molar-refractivity contribution in [1.29, 1.82) is 0 Å². The molecule has 4 rings (SSSR count). The Morgan fingerprint density at radius 1 is 0.500 bits per heavy atom. The Labute approximate surface area is 109 Å². The molecule has 0 spiro atoms. The van der Waals surface area contributed by atoms with Crippen LogP contribution in [0.3, 0.4) is 0 Å². The fourth-order valence-electron chi connectivity index (χ4n) is 3.50. The molecule has 2 aliphatic carbocycles. The van der Waals surface area contributed by atoms with E-state index < -0.39 is 0 Å². The SMILES string of the molecule is c1cc2c(cc1-c1ccc3c(c1)CCC3)CCC2. The van der Waals surface area contributed by atoms with E-state index in [1.165, 1.54) is 49.7 Å². The maximum Gasteiger partial charge on any atom is -0.0181 e. The fraction of sp³-hybridized carbons (Fsp3) is 0.333. The minimum absolute atomic E-state index is 1.27. The molecule has 0 saturated heterocycles. The summed E-state index contributed by atoms with van der Waals surface area (Å²) in [5.74, 6) is 0. The predicted octanol–water partition coefficient (Wildman–Crippen LogP) is 4.33. The van der Waals surface area contributed by atoms with Crippen LogP contribution in [-0.2, 0) is 25.7 Å². The third-order valence-electron chi connectivity index (χ3n) is 4.53. The van der Waals surface area contributed by atoms with Crippen molar-refractivity contribution >= 4 is 0 Å². The third kappa shape index (κ3) is 1.59. The first-order valence-electron chi connectivity index (χ1n) is 7.14. The molecule has 0 aromatic heterocycles. The van der Waals surface area contributed by atoms with E-state index >= 15 is 0 Å². The summed E-state index contributed by atoms with van der Waals surface area (Å²) in [6.45, 7) is 0. The van der Waals surface area contributed by atoms with E-state index in [0.717, 1.165) is 0 Å². The maximum atomic E-state index is 2.42. The first-order valence-corrected chi connectivity index (χ1v) is 7.14. The Morgan fingerprint density at radius 2 is 0.944 bits per heavy atom.